The number of oxazole rings is 1. The van der Waals surface area contributed by atoms with E-state index >= 15 is 0 Å². The Morgan fingerprint density at radius 3 is 2.74 bits per heavy atom. The number of aryl methyl sites for hydroxylation is 1. The average molecular weight is 464 g/mol. The molecular weight excluding hydrogens is 442 g/mol. The Labute approximate surface area is 192 Å². The van der Waals surface area contributed by atoms with Gasteiger partial charge in [0.25, 0.3) is 5.91 Å². The summed E-state index contributed by atoms with van der Waals surface area (Å²) in [7, 11) is 1.62. The lowest BCUT2D eigenvalue weighted by atomic mass is 10.1. The fourth-order valence-corrected chi connectivity index (χ4v) is 3.78. The van der Waals surface area contributed by atoms with Crippen LogP contribution in [0.2, 0.25) is 0 Å². The van der Waals surface area contributed by atoms with Crippen LogP contribution >= 0.6 is 0 Å². The molecule has 5 rings (SSSR count). The highest BCUT2D eigenvalue weighted by Crippen LogP contribution is 2.25. The van der Waals surface area contributed by atoms with E-state index in [9.17, 15) is 14.4 Å². The van der Waals surface area contributed by atoms with Crippen LogP contribution in [0.5, 0.6) is 0 Å². The minimum atomic E-state index is -0.927. The quantitative estimate of drug-likeness (QED) is 0.411. The third-order valence-electron chi connectivity index (χ3n) is 5.60. The van der Waals surface area contributed by atoms with Crippen molar-refractivity contribution in [2.45, 2.75) is 19.1 Å². The number of anilines is 1. The maximum Gasteiger partial charge on any atom is 0.431 e. The van der Waals surface area contributed by atoms with Gasteiger partial charge in [0.1, 0.15) is 18.2 Å². The molecule has 1 atom stereocenters. The maximum atomic E-state index is 12.8. The van der Waals surface area contributed by atoms with Gasteiger partial charge in [-0.1, -0.05) is 16.8 Å². The number of nitrogens with one attached hydrogen (secondary N) is 2. The third-order valence-corrected chi connectivity index (χ3v) is 5.60. The maximum absolute atomic E-state index is 12.8. The molecule has 1 saturated heterocycles. The number of carbonyl (C=O) groups excluding carboxylic acids is 2. The second kappa shape index (κ2) is 8.94. The monoisotopic (exact) mass is 464 g/mol. The number of benzene rings is 2. The molecule has 0 spiro atoms. The molecule has 34 heavy (non-hydrogen) atoms. The Balaban J connectivity index is 1.20. The molecule has 2 aromatic heterocycles. The van der Waals surface area contributed by atoms with E-state index in [0.29, 0.717) is 29.4 Å². The van der Waals surface area contributed by atoms with Gasteiger partial charge in [-0.15, -0.1) is 0 Å². The van der Waals surface area contributed by atoms with Crippen molar-refractivity contribution in [3.8, 4) is 11.5 Å². The molecule has 174 valence electrons. The van der Waals surface area contributed by atoms with Crippen molar-refractivity contribution in [1.29, 1.82) is 0 Å². The van der Waals surface area contributed by atoms with Gasteiger partial charge in [0.05, 0.1) is 13.0 Å². The third kappa shape index (κ3) is 4.33. The summed E-state index contributed by atoms with van der Waals surface area (Å²) in [6.07, 6.45) is -1.07. The van der Waals surface area contributed by atoms with Crippen LogP contribution in [-0.2, 0) is 27.9 Å². The summed E-state index contributed by atoms with van der Waals surface area (Å²) in [5.41, 5.74) is 2.58. The molecule has 0 radical (unpaired) electrons. The number of H-pyrrole nitrogens is 1. The van der Waals surface area contributed by atoms with Crippen LogP contribution in [0.4, 0.5) is 5.69 Å². The van der Waals surface area contributed by atoms with Crippen LogP contribution in [0.1, 0.15) is 12.1 Å². The Morgan fingerprint density at radius 1 is 1.21 bits per heavy atom. The van der Waals surface area contributed by atoms with Gasteiger partial charge in [0, 0.05) is 17.8 Å². The smallest absolute Gasteiger partial charge is 0.431 e. The van der Waals surface area contributed by atoms with Crippen molar-refractivity contribution in [2.75, 3.05) is 18.5 Å². The van der Waals surface area contributed by atoms with Crippen LogP contribution < -0.4 is 15.6 Å². The number of morpholine rings is 1. The van der Waals surface area contributed by atoms with E-state index in [4.69, 9.17) is 13.7 Å². The molecule has 1 fully saturated rings. The fraction of sp³-hybridized carbons (Fsp3) is 0.261. The Bertz CT molecular complexity index is 1370. The fourth-order valence-electron chi connectivity index (χ4n) is 3.78. The molecule has 1 unspecified atom stereocenters. The van der Waals surface area contributed by atoms with Gasteiger partial charge in [-0.2, -0.15) is 0 Å². The number of ether oxygens (including phenoxy) is 1. The Kier molecular flexibility index (Phi) is 5.68. The predicted molar refractivity (Wildman–Crippen MR) is 118 cm³/mol. The molecular formula is C23H22N5O6+. The molecule has 2 aromatic carbocycles. The number of fused-ring (bicyclic) bond motifs is 1. The van der Waals surface area contributed by atoms with Crippen LogP contribution in [0.25, 0.3) is 22.6 Å². The zero-order chi connectivity index (χ0) is 23.7. The molecule has 0 saturated carbocycles. The van der Waals surface area contributed by atoms with Crippen molar-refractivity contribution in [3.63, 3.8) is 0 Å². The summed E-state index contributed by atoms with van der Waals surface area (Å²) in [4.78, 5) is 43.1. The lowest BCUT2D eigenvalue weighted by Crippen LogP contribution is -2.50. The molecule has 3 heterocycles. The number of nitrogens with zero attached hydrogens (tertiary/aromatic N) is 3. The molecule has 11 nitrogen and oxygen atoms in total. The van der Waals surface area contributed by atoms with Crippen LogP contribution in [0, 0.1) is 0 Å². The number of amides is 2. The number of para-hydroxylation sites is 2. The summed E-state index contributed by atoms with van der Waals surface area (Å²) in [5, 5.41) is 5.20. The number of hydrogen-bond donors (Lipinski definition) is 2. The normalized spacial score (nSPS) is 16.2. The number of aromatic amines is 1. The molecule has 0 bridgehead atoms. The first-order valence-electron chi connectivity index (χ1n) is 10.7. The van der Waals surface area contributed by atoms with Crippen molar-refractivity contribution in [1.82, 2.24) is 15.2 Å². The highest BCUT2D eigenvalue weighted by atomic mass is 16.5. The summed E-state index contributed by atoms with van der Waals surface area (Å²) >= 11 is 0. The molecule has 1 aliphatic rings. The van der Waals surface area contributed by atoms with Gasteiger partial charge in [0.2, 0.25) is 11.8 Å². The zero-order valence-corrected chi connectivity index (χ0v) is 18.3. The van der Waals surface area contributed by atoms with Crippen molar-refractivity contribution in [3.05, 3.63) is 64.6 Å². The molecule has 0 aliphatic carbocycles. The van der Waals surface area contributed by atoms with E-state index in [2.05, 4.69) is 15.6 Å². The van der Waals surface area contributed by atoms with Gasteiger partial charge < -0.3 is 19.4 Å². The molecule has 4 aromatic rings. The Morgan fingerprint density at radius 2 is 2.00 bits per heavy atom. The van der Waals surface area contributed by atoms with Crippen LogP contribution in [-0.4, -0.2) is 46.2 Å². The predicted octanol–water partition coefficient (Wildman–Crippen LogP) is 1.36. The first-order chi connectivity index (χ1) is 16.5. The lowest BCUT2D eigenvalue weighted by Gasteiger charge is -2.30. The van der Waals surface area contributed by atoms with E-state index in [1.165, 1.54) is 9.58 Å². The van der Waals surface area contributed by atoms with E-state index in [0.717, 1.165) is 11.1 Å². The molecule has 2 N–H and O–H groups in total. The van der Waals surface area contributed by atoms with Crippen molar-refractivity contribution >= 4 is 28.6 Å². The van der Waals surface area contributed by atoms with Crippen LogP contribution in [0.3, 0.4) is 0 Å². The number of carbonyl (C=O) groups is 2. The van der Waals surface area contributed by atoms with Crippen molar-refractivity contribution < 1.29 is 27.9 Å². The van der Waals surface area contributed by atoms with Crippen molar-refractivity contribution in [2.24, 2.45) is 7.05 Å². The van der Waals surface area contributed by atoms with E-state index in [1.54, 1.807) is 31.3 Å². The van der Waals surface area contributed by atoms with Crippen LogP contribution in [0.15, 0.2) is 62.3 Å². The average Bonchev–Trinajstić information content (AvgIpc) is 3.40. The van der Waals surface area contributed by atoms with Gasteiger partial charge in [-0.3, -0.25) is 14.1 Å². The summed E-state index contributed by atoms with van der Waals surface area (Å²) in [5.74, 6) is -0.222. The second-order valence-electron chi connectivity index (χ2n) is 7.92. The SMILES string of the molecule is C[n+]1[nH]oc(=O)c1CN1CCOC(CC(=O)Nc2ccc(-c3nc4ccccc4o3)cc2)C1=O. The van der Waals surface area contributed by atoms with E-state index in [-0.39, 0.29) is 31.4 Å². The first-order valence-corrected chi connectivity index (χ1v) is 10.7. The highest BCUT2D eigenvalue weighted by molar-refractivity contribution is 5.95. The van der Waals surface area contributed by atoms with Gasteiger partial charge >= 0.3 is 11.3 Å². The molecule has 1 aliphatic heterocycles. The minimum Gasteiger partial charge on any atom is -0.436 e. The number of rotatable bonds is 6. The summed E-state index contributed by atoms with van der Waals surface area (Å²) < 4.78 is 17.4. The number of aromatic nitrogens is 3. The topological polar surface area (TPSA) is 135 Å². The minimum absolute atomic E-state index is 0.0694. The van der Waals surface area contributed by atoms with Gasteiger partial charge in [-0.05, 0) is 41.7 Å². The van der Waals surface area contributed by atoms with Gasteiger partial charge in [-0.25, -0.2) is 9.78 Å². The van der Waals surface area contributed by atoms with Gasteiger partial charge in [0.15, 0.2) is 12.6 Å². The molecule has 11 heteroatoms. The van der Waals surface area contributed by atoms with E-state index in [1.807, 2.05) is 24.3 Å². The standard InChI is InChI=1S/C23H21N5O6/c1-27-17(23(31)34-26-27)13-28-10-11-32-19(22(28)30)12-20(29)24-15-8-6-14(7-9-15)21-25-16-4-2-3-5-18(16)33-21/h2-9,19H,10-13H2,1H3,(H-,24,25,26,29,31)/p+1. The largest absolute Gasteiger partial charge is 0.436 e. The zero-order valence-electron chi connectivity index (χ0n) is 18.3. The summed E-state index contributed by atoms with van der Waals surface area (Å²) in [6.45, 7) is 0.654. The second-order valence-corrected chi connectivity index (χ2v) is 7.92. The Hall–Kier alpha value is -4.25. The number of hydrogen-bond acceptors (Lipinski definition) is 7. The summed E-state index contributed by atoms with van der Waals surface area (Å²) in [6, 6.07) is 14.6. The van der Waals surface area contributed by atoms with E-state index < -0.39 is 11.7 Å². The highest BCUT2D eigenvalue weighted by Gasteiger charge is 2.34. The first kappa shape index (κ1) is 21.6. The molecule has 2 amide bonds. The lowest BCUT2D eigenvalue weighted by molar-refractivity contribution is -0.746.